The molecule has 0 aliphatic rings. The lowest BCUT2D eigenvalue weighted by Gasteiger charge is -2.26. The minimum absolute atomic E-state index is 0.0805. The third-order valence-corrected chi connectivity index (χ3v) is 2.85. The van der Waals surface area contributed by atoms with Gasteiger partial charge in [0.1, 0.15) is 6.33 Å². The van der Waals surface area contributed by atoms with Crippen LogP contribution in [0.3, 0.4) is 0 Å². The molecule has 0 aliphatic carbocycles. The first-order valence-electron chi connectivity index (χ1n) is 5.73. The number of nitrogens with one attached hydrogen (secondary N) is 1. The third-order valence-electron chi connectivity index (χ3n) is 2.85. The standard InChI is InChI=1S/C14H17N3/c1-14(2,12-6-4-3-5-7-12)10-17-13-8-15-11-16-9-13/h3-9,11,17H,10H2,1-2H3. The summed E-state index contributed by atoms with van der Waals surface area (Å²) in [6.45, 7) is 5.29. The van der Waals surface area contributed by atoms with Crippen LogP contribution in [0.5, 0.6) is 0 Å². The molecule has 0 unspecified atom stereocenters. The highest BCUT2D eigenvalue weighted by molar-refractivity contribution is 5.39. The Morgan fingerprint density at radius 2 is 1.71 bits per heavy atom. The third kappa shape index (κ3) is 3.03. The maximum Gasteiger partial charge on any atom is 0.115 e. The van der Waals surface area contributed by atoms with Gasteiger partial charge in [-0.05, 0) is 5.56 Å². The zero-order valence-electron chi connectivity index (χ0n) is 10.2. The number of hydrogen-bond donors (Lipinski definition) is 1. The average molecular weight is 227 g/mol. The summed E-state index contributed by atoms with van der Waals surface area (Å²) in [5.41, 5.74) is 2.36. The quantitative estimate of drug-likeness (QED) is 0.872. The van der Waals surface area contributed by atoms with E-state index in [1.54, 1.807) is 12.4 Å². The van der Waals surface area contributed by atoms with E-state index in [9.17, 15) is 0 Å². The minimum atomic E-state index is 0.0805. The van der Waals surface area contributed by atoms with Crippen LogP contribution in [0.1, 0.15) is 19.4 Å². The van der Waals surface area contributed by atoms with Crippen LogP contribution in [0.25, 0.3) is 0 Å². The Hall–Kier alpha value is -1.90. The summed E-state index contributed by atoms with van der Waals surface area (Å²) in [5, 5.41) is 3.36. The van der Waals surface area contributed by atoms with Crippen molar-refractivity contribution < 1.29 is 0 Å². The van der Waals surface area contributed by atoms with Gasteiger partial charge in [-0.15, -0.1) is 0 Å². The van der Waals surface area contributed by atoms with Crippen LogP contribution in [0.4, 0.5) is 5.69 Å². The summed E-state index contributed by atoms with van der Waals surface area (Å²) < 4.78 is 0. The van der Waals surface area contributed by atoms with Crippen molar-refractivity contribution in [2.24, 2.45) is 0 Å². The molecule has 0 radical (unpaired) electrons. The van der Waals surface area contributed by atoms with Crippen molar-refractivity contribution in [3.8, 4) is 0 Å². The minimum Gasteiger partial charge on any atom is -0.382 e. The Bertz CT molecular complexity index is 451. The molecule has 0 aliphatic heterocycles. The first-order valence-corrected chi connectivity index (χ1v) is 5.73. The van der Waals surface area contributed by atoms with Crippen LogP contribution >= 0.6 is 0 Å². The van der Waals surface area contributed by atoms with Crippen LogP contribution in [0.15, 0.2) is 49.1 Å². The topological polar surface area (TPSA) is 37.8 Å². The molecule has 17 heavy (non-hydrogen) atoms. The van der Waals surface area contributed by atoms with Gasteiger partial charge in [0, 0.05) is 12.0 Å². The zero-order chi connectivity index (χ0) is 12.1. The molecule has 88 valence electrons. The normalized spacial score (nSPS) is 11.2. The van der Waals surface area contributed by atoms with Crippen molar-refractivity contribution >= 4 is 5.69 Å². The maximum absolute atomic E-state index is 3.98. The molecule has 1 aromatic carbocycles. The largest absolute Gasteiger partial charge is 0.382 e. The van der Waals surface area contributed by atoms with Crippen molar-refractivity contribution in [2.45, 2.75) is 19.3 Å². The van der Waals surface area contributed by atoms with E-state index in [1.807, 2.05) is 6.07 Å². The van der Waals surface area contributed by atoms with E-state index >= 15 is 0 Å². The van der Waals surface area contributed by atoms with E-state index in [-0.39, 0.29) is 5.41 Å². The van der Waals surface area contributed by atoms with Crippen molar-refractivity contribution in [1.29, 1.82) is 0 Å². The molecule has 0 fully saturated rings. The van der Waals surface area contributed by atoms with Crippen molar-refractivity contribution in [2.75, 3.05) is 11.9 Å². The van der Waals surface area contributed by atoms with E-state index in [1.165, 1.54) is 11.9 Å². The van der Waals surface area contributed by atoms with Gasteiger partial charge < -0.3 is 5.32 Å². The Balaban J connectivity index is 2.03. The first kappa shape index (κ1) is 11.6. The van der Waals surface area contributed by atoms with E-state index < -0.39 is 0 Å². The molecule has 3 nitrogen and oxygen atoms in total. The Morgan fingerprint density at radius 1 is 1.06 bits per heavy atom. The van der Waals surface area contributed by atoms with Gasteiger partial charge in [-0.2, -0.15) is 0 Å². The second-order valence-corrected chi connectivity index (χ2v) is 4.73. The molecular weight excluding hydrogens is 210 g/mol. The van der Waals surface area contributed by atoms with E-state index in [2.05, 4.69) is 53.4 Å². The summed E-state index contributed by atoms with van der Waals surface area (Å²) in [6.07, 6.45) is 5.11. The highest BCUT2D eigenvalue weighted by Gasteiger charge is 2.19. The number of aromatic nitrogens is 2. The summed E-state index contributed by atoms with van der Waals surface area (Å²) in [7, 11) is 0. The van der Waals surface area contributed by atoms with Crippen LogP contribution < -0.4 is 5.32 Å². The average Bonchev–Trinajstić information content (AvgIpc) is 2.39. The van der Waals surface area contributed by atoms with Crippen molar-refractivity contribution in [1.82, 2.24) is 9.97 Å². The number of benzene rings is 1. The molecule has 0 amide bonds. The van der Waals surface area contributed by atoms with Gasteiger partial charge >= 0.3 is 0 Å². The number of anilines is 1. The fourth-order valence-corrected chi connectivity index (χ4v) is 1.70. The SMILES string of the molecule is CC(C)(CNc1cncnc1)c1ccccc1. The molecule has 0 saturated heterocycles. The van der Waals surface area contributed by atoms with Gasteiger partial charge in [0.2, 0.25) is 0 Å². The van der Waals surface area contributed by atoms with E-state index in [4.69, 9.17) is 0 Å². The monoisotopic (exact) mass is 227 g/mol. The molecule has 0 spiro atoms. The lowest BCUT2D eigenvalue weighted by atomic mass is 9.84. The lowest BCUT2D eigenvalue weighted by Crippen LogP contribution is -2.27. The predicted octanol–water partition coefficient (Wildman–Crippen LogP) is 2.87. The van der Waals surface area contributed by atoms with Crippen LogP contribution in [0, 0.1) is 0 Å². The van der Waals surface area contributed by atoms with Gasteiger partial charge in [0.05, 0.1) is 18.1 Å². The fraction of sp³-hybridized carbons (Fsp3) is 0.286. The van der Waals surface area contributed by atoms with Gasteiger partial charge in [-0.3, -0.25) is 0 Å². The van der Waals surface area contributed by atoms with Crippen LogP contribution in [-0.4, -0.2) is 16.5 Å². The van der Waals surface area contributed by atoms with Gasteiger partial charge in [-0.1, -0.05) is 44.2 Å². The molecule has 2 aromatic rings. The molecule has 0 atom stereocenters. The van der Waals surface area contributed by atoms with Crippen molar-refractivity contribution in [3.05, 3.63) is 54.6 Å². The van der Waals surface area contributed by atoms with Gasteiger partial charge in [0.25, 0.3) is 0 Å². The molecule has 3 heteroatoms. The first-order chi connectivity index (χ1) is 8.18. The number of nitrogens with zero attached hydrogens (tertiary/aromatic N) is 2. The highest BCUT2D eigenvalue weighted by Crippen LogP contribution is 2.23. The lowest BCUT2D eigenvalue weighted by molar-refractivity contribution is 0.557. The predicted molar refractivity (Wildman–Crippen MR) is 70.0 cm³/mol. The van der Waals surface area contributed by atoms with Gasteiger partial charge in [-0.25, -0.2) is 9.97 Å². The van der Waals surface area contributed by atoms with Crippen LogP contribution in [-0.2, 0) is 5.41 Å². The Kier molecular flexibility index (Phi) is 3.38. The number of rotatable bonds is 4. The van der Waals surface area contributed by atoms with Crippen LogP contribution in [0.2, 0.25) is 0 Å². The smallest absolute Gasteiger partial charge is 0.115 e. The molecular formula is C14H17N3. The molecule has 1 N–H and O–H groups in total. The summed E-state index contributed by atoms with van der Waals surface area (Å²) in [5.74, 6) is 0. The Morgan fingerprint density at radius 3 is 2.35 bits per heavy atom. The summed E-state index contributed by atoms with van der Waals surface area (Å²) in [6, 6.07) is 10.5. The summed E-state index contributed by atoms with van der Waals surface area (Å²) in [4.78, 5) is 7.97. The molecule has 0 bridgehead atoms. The molecule has 1 heterocycles. The molecule has 2 rings (SSSR count). The number of hydrogen-bond acceptors (Lipinski definition) is 3. The van der Waals surface area contributed by atoms with Gasteiger partial charge in [0.15, 0.2) is 0 Å². The second-order valence-electron chi connectivity index (χ2n) is 4.73. The van der Waals surface area contributed by atoms with E-state index in [0.29, 0.717) is 0 Å². The summed E-state index contributed by atoms with van der Waals surface area (Å²) >= 11 is 0. The molecule has 1 aromatic heterocycles. The maximum atomic E-state index is 3.98. The van der Waals surface area contributed by atoms with E-state index in [0.717, 1.165) is 12.2 Å². The molecule has 0 saturated carbocycles. The van der Waals surface area contributed by atoms with Crippen molar-refractivity contribution in [3.63, 3.8) is 0 Å². The second kappa shape index (κ2) is 4.95. The fourth-order valence-electron chi connectivity index (χ4n) is 1.70. The highest BCUT2D eigenvalue weighted by atomic mass is 14.9. The zero-order valence-corrected chi connectivity index (χ0v) is 10.2. The Labute approximate surface area is 102 Å².